The maximum atomic E-state index is 12.8. The monoisotopic (exact) mass is 428 g/mol. The van der Waals surface area contributed by atoms with E-state index < -0.39 is 0 Å². The molecule has 1 saturated heterocycles. The van der Waals surface area contributed by atoms with Crippen LogP contribution in [0.5, 0.6) is 5.75 Å². The summed E-state index contributed by atoms with van der Waals surface area (Å²) in [5.41, 5.74) is 2.33. The summed E-state index contributed by atoms with van der Waals surface area (Å²) >= 11 is 1.33. The number of aromatic nitrogens is 2. The van der Waals surface area contributed by atoms with Crippen molar-refractivity contribution in [1.29, 1.82) is 0 Å². The van der Waals surface area contributed by atoms with Crippen LogP contribution >= 0.6 is 11.8 Å². The number of methoxy groups -OCH3 is 1. The Morgan fingerprint density at radius 3 is 2.33 bits per heavy atom. The van der Waals surface area contributed by atoms with E-state index in [2.05, 4.69) is 14.9 Å². The van der Waals surface area contributed by atoms with Crippen LogP contribution in [0.15, 0.2) is 29.3 Å². The van der Waals surface area contributed by atoms with Gasteiger partial charge in [0.1, 0.15) is 16.6 Å². The summed E-state index contributed by atoms with van der Waals surface area (Å²) in [5.74, 6) is 1.79. The molecule has 0 spiro atoms. The van der Waals surface area contributed by atoms with E-state index >= 15 is 0 Å². The molecule has 1 aromatic heterocycles. The summed E-state index contributed by atoms with van der Waals surface area (Å²) in [6.45, 7) is 8.23. The summed E-state index contributed by atoms with van der Waals surface area (Å²) in [6, 6.07) is 7.98. The highest BCUT2D eigenvalue weighted by Crippen LogP contribution is 2.25. The lowest BCUT2D eigenvalue weighted by Gasteiger charge is -2.36. The van der Waals surface area contributed by atoms with Crippen LogP contribution in [0.1, 0.15) is 35.7 Å². The van der Waals surface area contributed by atoms with Crippen LogP contribution in [-0.2, 0) is 11.2 Å². The number of ketones is 1. The Kier molecular flexibility index (Phi) is 7.31. The topological polar surface area (TPSA) is 75.6 Å². The van der Waals surface area contributed by atoms with Gasteiger partial charge in [-0.05, 0) is 38.1 Å². The highest BCUT2D eigenvalue weighted by atomic mass is 32.2. The third-order valence-electron chi connectivity index (χ3n) is 5.17. The molecule has 0 radical (unpaired) electrons. The van der Waals surface area contributed by atoms with Gasteiger partial charge in [0.25, 0.3) is 0 Å². The molecule has 1 aliphatic heterocycles. The van der Waals surface area contributed by atoms with Gasteiger partial charge in [0, 0.05) is 38.3 Å². The molecule has 0 saturated carbocycles. The summed E-state index contributed by atoms with van der Waals surface area (Å²) in [6.07, 6.45) is 0.688. The molecule has 0 atom stereocenters. The number of hydrogen-bond acceptors (Lipinski definition) is 7. The van der Waals surface area contributed by atoms with Crippen molar-refractivity contribution < 1.29 is 14.3 Å². The van der Waals surface area contributed by atoms with Crippen LogP contribution in [0.3, 0.4) is 0 Å². The number of rotatable bonds is 7. The largest absolute Gasteiger partial charge is 0.497 e. The number of nitrogens with zero attached hydrogens (tertiary/aromatic N) is 4. The molecule has 2 aromatic rings. The maximum Gasteiger partial charge on any atom is 0.233 e. The summed E-state index contributed by atoms with van der Waals surface area (Å²) in [4.78, 5) is 37.8. The van der Waals surface area contributed by atoms with Crippen molar-refractivity contribution in [2.45, 2.75) is 32.2 Å². The van der Waals surface area contributed by atoms with Crippen LogP contribution in [-0.4, -0.2) is 65.6 Å². The van der Waals surface area contributed by atoms with Crippen LogP contribution in [0.25, 0.3) is 0 Å². The lowest BCUT2D eigenvalue weighted by molar-refractivity contribution is -0.128. The average molecular weight is 429 g/mol. The Hall–Kier alpha value is -2.61. The Bertz CT molecular complexity index is 909. The van der Waals surface area contributed by atoms with Gasteiger partial charge in [-0.3, -0.25) is 9.59 Å². The minimum Gasteiger partial charge on any atom is -0.497 e. The van der Waals surface area contributed by atoms with E-state index in [1.807, 2.05) is 43.0 Å². The Morgan fingerprint density at radius 1 is 1.10 bits per heavy atom. The molecule has 1 amide bonds. The number of amides is 1. The average Bonchev–Trinajstić information content (AvgIpc) is 2.76. The molecule has 3 rings (SSSR count). The Morgan fingerprint density at radius 2 is 1.77 bits per heavy atom. The molecule has 0 bridgehead atoms. The second-order valence-corrected chi connectivity index (χ2v) is 8.13. The first kappa shape index (κ1) is 22.1. The van der Waals surface area contributed by atoms with Gasteiger partial charge in [0.15, 0.2) is 5.78 Å². The fourth-order valence-corrected chi connectivity index (χ4v) is 4.55. The normalized spacial score (nSPS) is 14.0. The van der Waals surface area contributed by atoms with Gasteiger partial charge < -0.3 is 14.5 Å². The number of ether oxygens (including phenoxy) is 1. The predicted octanol–water partition coefficient (Wildman–Crippen LogP) is 3.00. The molecular formula is C22H28N4O3S. The molecule has 2 heterocycles. The molecule has 1 aromatic carbocycles. The molecule has 0 unspecified atom stereocenters. The molecule has 8 heteroatoms. The van der Waals surface area contributed by atoms with E-state index in [4.69, 9.17) is 4.74 Å². The Labute approximate surface area is 181 Å². The number of hydrogen-bond donors (Lipinski definition) is 0. The minimum absolute atomic E-state index is 0.0678. The zero-order valence-electron chi connectivity index (χ0n) is 18.0. The molecule has 160 valence electrons. The molecule has 0 aliphatic carbocycles. The SMILES string of the molecule is CCc1nc(C)c(C(C)=O)c(SCC(=O)N2CCN(c3ccc(OC)cc3)CC2)n1. The quantitative estimate of drug-likeness (QED) is 0.381. The van der Waals surface area contributed by atoms with Crippen molar-refractivity contribution in [3.05, 3.63) is 41.3 Å². The van der Waals surface area contributed by atoms with E-state index in [-0.39, 0.29) is 17.4 Å². The molecule has 1 fully saturated rings. The zero-order chi connectivity index (χ0) is 21.7. The first-order valence-corrected chi connectivity index (χ1v) is 11.1. The predicted molar refractivity (Wildman–Crippen MR) is 119 cm³/mol. The van der Waals surface area contributed by atoms with E-state index in [0.29, 0.717) is 41.6 Å². The first-order valence-electron chi connectivity index (χ1n) is 10.1. The van der Waals surface area contributed by atoms with Crippen LogP contribution in [0, 0.1) is 6.92 Å². The highest BCUT2D eigenvalue weighted by Gasteiger charge is 2.23. The maximum absolute atomic E-state index is 12.8. The van der Waals surface area contributed by atoms with E-state index in [1.165, 1.54) is 18.7 Å². The molecule has 30 heavy (non-hydrogen) atoms. The second-order valence-electron chi connectivity index (χ2n) is 7.17. The van der Waals surface area contributed by atoms with Crippen molar-refractivity contribution >= 4 is 29.1 Å². The van der Waals surface area contributed by atoms with Gasteiger partial charge in [-0.25, -0.2) is 9.97 Å². The number of piperazine rings is 1. The van der Waals surface area contributed by atoms with Crippen molar-refractivity contribution in [3.63, 3.8) is 0 Å². The summed E-state index contributed by atoms with van der Waals surface area (Å²) in [7, 11) is 1.66. The van der Waals surface area contributed by atoms with Crippen molar-refractivity contribution in [1.82, 2.24) is 14.9 Å². The van der Waals surface area contributed by atoms with Gasteiger partial charge in [0.2, 0.25) is 5.91 Å². The van der Waals surface area contributed by atoms with Gasteiger partial charge in [-0.2, -0.15) is 0 Å². The van der Waals surface area contributed by atoms with Gasteiger partial charge in [0.05, 0.1) is 24.1 Å². The van der Waals surface area contributed by atoms with Gasteiger partial charge in [-0.15, -0.1) is 0 Å². The van der Waals surface area contributed by atoms with Crippen molar-refractivity contribution in [2.75, 3.05) is 43.9 Å². The van der Waals surface area contributed by atoms with Crippen LogP contribution < -0.4 is 9.64 Å². The fraction of sp³-hybridized carbons (Fsp3) is 0.455. The van der Waals surface area contributed by atoms with Crippen LogP contribution in [0.2, 0.25) is 0 Å². The zero-order valence-corrected chi connectivity index (χ0v) is 18.8. The second kappa shape index (κ2) is 9.93. The standard InChI is InChI=1S/C22H28N4O3S/c1-5-19-23-15(2)21(16(3)27)22(24-19)30-14-20(28)26-12-10-25(11-13-26)17-6-8-18(29-4)9-7-17/h6-9H,5,10-14H2,1-4H3. The highest BCUT2D eigenvalue weighted by molar-refractivity contribution is 8.00. The number of carbonyl (C=O) groups is 2. The number of anilines is 1. The number of benzene rings is 1. The molecule has 1 aliphatic rings. The number of Topliss-reactive ketones (excluding diaryl/α,β-unsaturated/α-hetero) is 1. The van der Waals surface area contributed by atoms with Crippen molar-refractivity contribution in [3.8, 4) is 5.75 Å². The van der Waals surface area contributed by atoms with Crippen molar-refractivity contribution in [2.24, 2.45) is 0 Å². The Balaban J connectivity index is 1.59. The molecule has 7 nitrogen and oxygen atoms in total. The third-order valence-corrected chi connectivity index (χ3v) is 6.13. The lowest BCUT2D eigenvalue weighted by atomic mass is 10.2. The number of carbonyl (C=O) groups excluding carboxylic acids is 2. The molecular weight excluding hydrogens is 400 g/mol. The number of aryl methyl sites for hydroxylation is 2. The van der Waals surface area contributed by atoms with E-state index in [9.17, 15) is 9.59 Å². The lowest BCUT2D eigenvalue weighted by Crippen LogP contribution is -2.49. The smallest absolute Gasteiger partial charge is 0.233 e. The minimum atomic E-state index is -0.0711. The number of thioether (sulfide) groups is 1. The first-order chi connectivity index (χ1) is 14.4. The van der Waals surface area contributed by atoms with Gasteiger partial charge >= 0.3 is 0 Å². The van der Waals surface area contributed by atoms with Crippen LogP contribution in [0.4, 0.5) is 5.69 Å². The van der Waals surface area contributed by atoms with E-state index in [1.54, 1.807) is 7.11 Å². The third kappa shape index (κ3) is 5.11. The summed E-state index contributed by atoms with van der Waals surface area (Å²) in [5, 5.41) is 0.608. The summed E-state index contributed by atoms with van der Waals surface area (Å²) < 4.78 is 5.21. The fourth-order valence-electron chi connectivity index (χ4n) is 3.50. The van der Waals surface area contributed by atoms with E-state index in [0.717, 1.165) is 24.5 Å². The molecule has 0 N–H and O–H groups in total. The van der Waals surface area contributed by atoms with Gasteiger partial charge in [-0.1, -0.05) is 18.7 Å².